The molecule has 2 rings (SSSR count). The lowest BCUT2D eigenvalue weighted by Gasteiger charge is -2.32. The molecule has 0 spiro atoms. The summed E-state index contributed by atoms with van der Waals surface area (Å²) in [5.74, 6) is -0.641. The van der Waals surface area contributed by atoms with Crippen molar-refractivity contribution in [2.24, 2.45) is 5.92 Å². The van der Waals surface area contributed by atoms with E-state index in [0.29, 0.717) is 13.2 Å². The molecule has 1 N–H and O–H groups in total. The number of unbranched alkanes of at least 4 members (excludes halogenated alkanes) is 14. The quantitative estimate of drug-likeness (QED) is 0.124. The number of carboxylic acids is 1. The molecule has 0 amide bonds. The Labute approximate surface area is 226 Å². The van der Waals surface area contributed by atoms with E-state index in [1.54, 1.807) is 12.2 Å². The van der Waals surface area contributed by atoms with Crippen LogP contribution >= 0.6 is 0 Å². The fraction of sp³-hybridized carbons (Fsp3) is 0.667. The minimum atomic E-state index is -0.844. The Bertz CT molecular complexity index is 783. The second kappa shape index (κ2) is 19.1. The lowest BCUT2D eigenvalue weighted by atomic mass is 9.85. The van der Waals surface area contributed by atoms with E-state index in [1.807, 2.05) is 36.4 Å². The Morgan fingerprint density at radius 1 is 0.730 bits per heavy atom. The van der Waals surface area contributed by atoms with Crippen LogP contribution in [0.1, 0.15) is 122 Å². The van der Waals surface area contributed by atoms with E-state index in [-0.39, 0.29) is 0 Å². The van der Waals surface area contributed by atoms with Crippen molar-refractivity contribution >= 4 is 5.97 Å². The highest BCUT2D eigenvalue weighted by Crippen LogP contribution is 2.39. The van der Waals surface area contributed by atoms with Crippen LogP contribution in [0.4, 0.5) is 0 Å². The van der Waals surface area contributed by atoms with Gasteiger partial charge in [-0.05, 0) is 31.1 Å². The maximum Gasteiger partial charge on any atom is 0.314 e. The number of benzene rings is 1. The molecule has 1 aromatic rings. The summed E-state index contributed by atoms with van der Waals surface area (Å²) in [6, 6.07) is 8.05. The van der Waals surface area contributed by atoms with Crippen LogP contribution in [0.15, 0.2) is 48.6 Å². The van der Waals surface area contributed by atoms with Crippen molar-refractivity contribution < 1.29 is 19.4 Å². The predicted octanol–water partition coefficient (Wildman–Crippen LogP) is 9.39. The van der Waals surface area contributed by atoms with Crippen molar-refractivity contribution in [2.45, 2.75) is 122 Å². The molecule has 4 heteroatoms. The molecule has 0 atom stereocenters. The van der Waals surface area contributed by atoms with Crippen molar-refractivity contribution in [1.82, 2.24) is 0 Å². The summed E-state index contributed by atoms with van der Waals surface area (Å²) in [5, 5.41) is 9.46. The minimum Gasteiger partial charge on any atom is -0.493 e. The zero-order valence-electron chi connectivity index (χ0n) is 23.6. The van der Waals surface area contributed by atoms with Crippen LogP contribution in [-0.2, 0) is 15.1 Å². The molecule has 4 nitrogen and oxygen atoms in total. The molecule has 0 heterocycles. The van der Waals surface area contributed by atoms with E-state index < -0.39 is 17.5 Å². The first-order valence-corrected chi connectivity index (χ1v) is 15.1. The number of hydrogen-bond acceptors (Lipinski definition) is 3. The van der Waals surface area contributed by atoms with E-state index in [4.69, 9.17) is 9.47 Å². The van der Waals surface area contributed by atoms with Gasteiger partial charge in [0.25, 0.3) is 0 Å². The van der Waals surface area contributed by atoms with Crippen LogP contribution in [0.2, 0.25) is 0 Å². The number of carbonyl (C=O) groups is 1. The van der Waals surface area contributed by atoms with E-state index in [0.717, 1.165) is 30.6 Å². The van der Waals surface area contributed by atoms with Gasteiger partial charge >= 0.3 is 5.97 Å². The Kier molecular flexibility index (Phi) is 16.1. The third-order valence-corrected chi connectivity index (χ3v) is 7.29. The lowest BCUT2D eigenvalue weighted by molar-refractivity contribution is -0.138. The standard InChI is InChI=1S/C33H52O4/c1-3-5-7-9-11-13-15-19-27-36-31-22-18-17-21-30(31)33(25-23-29(24-26-33)32(34)35)37-28-20-16-14-12-10-8-6-4-2/h17-18,21-26,29H,3-16,19-20,27-28H2,1-2H3,(H,34,35). The molecule has 208 valence electrons. The summed E-state index contributed by atoms with van der Waals surface area (Å²) >= 11 is 0. The molecule has 0 fully saturated rings. The van der Waals surface area contributed by atoms with Crippen molar-refractivity contribution in [1.29, 1.82) is 0 Å². The fourth-order valence-corrected chi connectivity index (χ4v) is 4.94. The van der Waals surface area contributed by atoms with Gasteiger partial charge in [-0.15, -0.1) is 0 Å². The largest absolute Gasteiger partial charge is 0.493 e. The van der Waals surface area contributed by atoms with Gasteiger partial charge in [0, 0.05) is 12.2 Å². The monoisotopic (exact) mass is 512 g/mol. The average Bonchev–Trinajstić information content (AvgIpc) is 2.91. The Morgan fingerprint density at radius 3 is 1.76 bits per heavy atom. The van der Waals surface area contributed by atoms with Crippen LogP contribution in [0.3, 0.4) is 0 Å². The highest BCUT2D eigenvalue weighted by molar-refractivity contribution is 5.75. The highest BCUT2D eigenvalue weighted by Gasteiger charge is 2.34. The van der Waals surface area contributed by atoms with Gasteiger partial charge in [0.05, 0.1) is 12.5 Å². The number of ether oxygens (including phenoxy) is 2. The molecule has 1 aliphatic carbocycles. The van der Waals surface area contributed by atoms with Gasteiger partial charge in [-0.3, -0.25) is 4.79 Å². The molecule has 0 radical (unpaired) electrons. The first kappa shape index (κ1) is 31.1. The van der Waals surface area contributed by atoms with Gasteiger partial charge in [-0.1, -0.05) is 134 Å². The number of aliphatic carboxylic acids is 1. The van der Waals surface area contributed by atoms with Gasteiger partial charge in [-0.2, -0.15) is 0 Å². The molecular formula is C33H52O4. The first-order valence-electron chi connectivity index (χ1n) is 15.1. The number of hydrogen-bond donors (Lipinski definition) is 1. The molecule has 1 aliphatic rings. The summed E-state index contributed by atoms with van der Waals surface area (Å²) < 4.78 is 12.8. The SMILES string of the molecule is CCCCCCCCCCOc1ccccc1C1(OCCCCCCCCCC)C=CC(C(=O)O)C=C1. The zero-order valence-corrected chi connectivity index (χ0v) is 23.6. The van der Waals surface area contributed by atoms with Crippen molar-refractivity contribution in [3.63, 3.8) is 0 Å². The van der Waals surface area contributed by atoms with Crippen molar-refractivity contribution in [3.05, 3.63) is 54.1 Å². The molecule has 0 bridgehead atoms. The Morgan fingerprint density at radius 2 is 1.22 bits per heavy atom. The number of rotatable bonds is 22. The van der Waals surface area contributed by atoms with Crippen LogP contribution in [0.25, 0.3) is 0 Å². The van der Waals surface area contributed by atoms with E-state index >= 15 is 0 Å². The van der Waals surface area contributed by atoms with E-state index in [2.05, 4.69) is 13.8 Å². The van der Waals surface area contributed by atoms with Gasteiger partial charge in [-0.25, -0.2) is 0 Å². The van der Waals surface area contributed by atoms with E-state index in [9.17, 15) is 9.90 Å². The lowest BCUT2D eigenvalue weighted by Crippen LogP contribution is -2.30. The van der Waals surface area contributed by atoms with Gasteiger partial charge in [0.15, 0.2) is 0 Å². The summed E-state index contributed by atoms with van der Waals surface area (Å²) in [6.07, 6.45) is 27.4. The smallest absolute Gasteiger partial charge is 0.314 e. The third kappa shape index (κ3) is 11.9. The summed E-state index contributed by atoms with van der Waals surface area (Å²) in [5.41, 5.74) is 0.161. The second-order valence-electron chi connectivity index (χ2n) is 10.5. The molecule has 0 saturated heterocycles. The van der Waals surface area contributed by atoms with Crippen molar-refractivity contribution in [3.8, 4) is 5.75 Å². The molecule has 1 aromatic carbocycles. The minimum absolute atomic E-state index is 0.620. The van der Waals surface area contributed by atoms with Crippen molar-refractivity contribution in [2.75, 3.05) is 13.2 Å². The fourth-order valence-electron chi connectivity index (χ4n) is 4.94. The summed E-state index contributed by atoms with van der Waals surface area (Å²) in [4.78, 5) is 11.5. The van der Waals surface area contributed by atoms with Gasteiger partial charge in [0.1, 0.15) is 11.4 Å². The molecule has 0 aliphatic heterocycles. The molecule has 0 unspecified atom stereocenters. The molecular weight excluding hydrogens is 460 g/mol. The predicted molar refractivity (Wildman–Crippen MR) is 154 cm³/mol. The van der Waals surface area contributed by atoms with Gasteiger partial charge < -0.3 is 14.6 Å². The molecule has 0 aromatic heterocycles. The topological polar surface area (TPSA) is 55.8 Å². The second-order valence-corrected chi connectivity index (χ2v) is 10.5. The Balaban J connectivity index is 1.92. The summed E-state index contributed by atoms with van der Waals surface area (Å²) in [6.45, 7) is 5.82. The third-order valence-electron chi connectivity index (χ3n) is 7.29. The maximum atomic E-state index is 11.5. The molecule has 0 saturated carbocycles. The molecule has 37 heavy (non-hydrogen) atoms. The number of carboxylic acid groups (broad SMARTS) is 1. The van der Waals surface area contributed by atoms with Crippen LogP contribution in [0.5, 0.6) is 5.75 Å². The van der Waals surface area contributed by atoms with Crippen LogP contribution in [-0.4, -0.2) is 24.3 Å². The normalized spacial score (nSPS) is 18.8. The maximum absolute atomic E-state index is 11.5. The number of para-hydroxylation sites is 1. The Hall–Kier alpha value is -2.07. The van der Waals surface area contributed by atoms with E-state index in [1.165, 1.54) is 83.5 Å². The first-order chi connectivity index (χ1) is 18.1. The van der Waals surface area contributed by atoms with Gasteiger partial charge in [0.2, 0.25) is 0 Å². The summed E-state index contributed by atoms with van der Waals surface area (Å²) in [7, 11) is 0. The van der Waals surface area contributed by atoms with Crippen LogP contribution < -0.4 is 4.74 Å². The van der Waals surface area contributed by atoms with Crippen LogP contribution in [0, 0.1) is 5.92 Å². The zero-order chi connectivity index (χ0) is 26.6. The highest BCUT2D eigenvalue weighted by atomic mass is 16.5. The average molecular weight is 513 g/mol.